The molecule has 0 fully saturated rings. The third-order valence-electron chi connectivity index (χ3n) is 3.34. The van der Waals surface area contributed by atoms with E-state index in [1.165, 1.54) is 16.7 Å². The molecule has 0 spiro atoms. The Labute approximate surface area is 105 Å². The first-order chi connectivity index (χ1) is 8.06. The molecule has 96 valence electrons. The van der Waals surface area contributed by atoms with E-state index in [-0.39, 0.29) is 6.61 Å². The average Bonchev–Trinajstić information content (AvgIpc) is 2.29. The Hall–Kier alpha value is -0.860. The number of nitrogens with zero attached hydrogens (tertiary/aromatic N) is 1. The van der Waals surface area contributed by atoms with E-state index in [0.717, 1.165) is 19.5 Å². The molecule has 0 saturated heterocycles. The van der Waals surface area contributed by atoms with Crippen LogP contribution in [-0.4, -0.2) is 30.2 Å². The molecule has 1 N–H and O–H groups in total. The van der Waals surface area contributed by atoms with Gasteiger partial charge in [0.05, 0.1) is 0 Å². The predicted octanol–water partition coefficient (Wildman–Crippen LogP) is 2.75. The first kappa shape index (κ1) is 14.2. The first-order valence-corrected chi connectivity index (χ1v) is 6.42. The van der Waals surface area contributed by atoms with Crippen molar-refractivity contribution >= 4 is 0 Å². The molecule has 1 rings (SSSR count). The van der Waals surface area contributed by atoms with Crippen LogP contribution in [0.15, 0.2) is 18.2 Å². The number of rotatable bonds is 6. The number of hydrogen-bond acceptors (Lipinski definition) is 2. The average molecular weight is 235 g/mol. The number of hydrogen-bond donors (Lipinski definition) is 1. The Morgan fingerprint density at radius 1 is 1.29 bits per heavy atom. The minimum atomic E-state index is 0.285. The highest BCUT2D eigenvalue weighted by Gasteiger charge is 2.09. The summed E-state index contributed by atoms with van der Waals surface area (Å²) in [5, 5.41) is 9.21. The maximum atomic E-state index is 9.21. The van der Waals surface area contributed by atoms with Crippen molar-refractivity contribution in [1.82, 2.24) is 4.90 Å². The van der Waals surface area contributed by atoms with Gasteiger partial charge in [-0.15, -0.1) is 0 Å². The summed E-state index contributed by atoms with van der Waals surface area (Å²) in [7, 11) is 2.12. The third-order valence-corrected chi connectivity index (χ3v) is 3.34. The second kappa shape index (κ2) is 6.77. The van der Waals surface area contributed by atoms with Crippen LogP contribution < -0.4 is 0 Å². The van der Waals surface area contributed by atoms with Gasteiger partial charge in [-0.25, -0.2) is 0 Å². The molecular formula is C15H25NO. The zero-order valence-electron chi connectivity index (χ0n) is 11.5. The molecule has 0 amide bonds. The highest BCUT2D eigenvalue weighted by atomic mass is 16.3. The predicted molar refractivity (Wildman–Crippen MR) is 73.1 cm³/mol. The van der Waals surface area contributed by atoms with Gasteiger partial charge in [0.15, 0.2) is 0 Å². The molecule has 0 aromatic heterocycles. The number of aryl methyl sites for hydroxylation is 2. The van der Waals surface area contributed by atoms with Crippen molar-refractivity contribution in [2.45, 2.75) is 33.7 Å². The lowest BCUT2D eigenvalue weighted by Crippen LogP contribution is -2.27. The quantitative estimate of drug-likeness (QED) is 0.819. The van der Waals surface area contributed by atoms with Gasteiger partial charge in [0, 0.05) is 19.7 Å². The minimum Gasteiger partial charge on any atom is -0.396 e. The molecule has 1 atom stereocenters. The van der Waals surface area contributed by atoms with Crippen LogP contribution in [0.1, 0.15) is 30.0 Å². The zero-order chi connectivity index (χ0) is 12.8. The minimum absolute atomic E-state index is 0.285. The lowest BCUT2D eigenvalue weighted by Gasteiger charge is -2.22. The van der Waals surface area contributed by atoms with Gasteiger partial charge in [-0.2, -0.15) is 0 Å². The summed E-state index contributed by atoms with van der Waals surface area (Å²) in [6.45, 7) is 8.63. The SMILES string of the molecule is CCC(CO)CN(C)Cc1ccc(C)cc1C. The fourth-order valence-electron chi connectivity index (χ4n) is 2.14. The topological polar surface area (TPSA) is 23.5 Å². The first-order valence-electron chi connectivity index (χ1n) is 6.42. The van der Waals surface area contributed by atoms with Gasteiger partial charge in [-0.3, -0.25) is 0 Å². The summed E-state index contributed by atoms with van der Waals surface area (Å²) in [6.07, 6.45) is 1.04. The van der Waals surface area contributed by atoms with Crippen LogP contribution in [0.2, 0.25) is 0 Å². The van der Waals surface area contributed by atoms with Crippen molar-refractivity contribution in [1.29, 1.82) is 0 Å². The Balaban J connectivity index is 2.58. The lowest BCUT2D eigenvalue weighted by atomic mass is 10.0. The second-order valence-corrected chi connectivity index (χ2v) is 5.08. The molecule has 0 bridgehead atoms. The fraction of sp³-hybridized carbons (Fsp3) is 0.600. The summed E-state index contributed by atoms with van der Waals surface area (Å²) in [6, 6.07) is 6.60. The Kier molecular flexibility index (Phi) is 5.66. The van der Waals surface area contributed by atoms with Gasteiger partial charge in [0.1, 0.15) is 0 Å². The van der Waals surface area contributed by atoms with Gasteiger partial charge in [0.25, 0.3) is 0 Å². The van der Waals surface area contributed by atoms with Crippen molar-refractivity contribution in [2.75, 3.05) is 20.2 Å². The highest BCUT2D eigenvalue weighted by molar-refractivity contribution is 5.30. The lowest BCUT2D eigenvalue weighted by molar-refractivity contribution is 0.173. The molecule has 17 heavy (non-hydrogen) atoms. The Morgan fingerprint density at radius 3 is 2.53 bits per heavy atom. The van der Waals surface area contributed by atoms with E-state index in [1.807, 2.05) is 0 Å². The summed E-state index contributed by atoms with van der Waals surface area (Å²) in [5.41, 5.74) is 4.05. The molecule has 0 aliphatic heterocycles. The summed E-state index contributed by atoms with van der Waals surface area (Å²) in [5.74, 6) is 0.394. The van der Waals surface area contributed by atoms with Crippen molar-refractivity contribution in [2.24, 2.45) is 5.92 Å². The molecule has 2 nitrogen and oxygen atoms in total. The van der Waals surface area contributed by atoms with E-state index in [4.69, 9.17) is 0 Å². The van der Waals surface area contributed by atoms with Gasteiger partial charge >= 0.3 is 0 Å². The molecule has 0 aliphatic carbocycles. The molecule has 0 heterocycles. The van der Waals surface area contributed by atoms with Gasteiger partial charge in [-0.1, -0.05) is 30.7 Å². The van der Waals surface area contributed by atoms with Crippen LogP contribution in [-0.2, 0) is 6.54 Å². The van der Waals surface area contributed by atoms with E-state index < -0.39 is 0 Å². The molecule has 1 aromatic rings. The van der Waals surface area contributed by atoms with Crippen molar-refractivity contribution < 1.29 is 5.11 Å². The molecule has 2 heteroatoms. The number of aliphatic hydroxyl groups is 1. The fourth-order valence-corrected chi connectivity index (χ4v) is 2.14. The Morgan fingerprint density at radius 2 is 2.00 bits per heavy atom. The van der Waals surface area contributed by atoms with Gasteiger partial charge in [-0.05, 0) is 44.4 Å². The van der Waals surface area contributed by atoms with Crippen LogP contribution in [0.25, 0.3) is 0 Å². The highest BCUT2D eigenvalue weighted by Crippen LogP contribution is 2.13. The van der Waals surface area contributed by atoms with E-state index in [1.54, 1.807) is 0 Å². The van der Waals surface area contributed by atoms with Crippen molar-refractivity contribution in [3.8, 4) is 0 Å². The molecular weight excluding hydrogens is 210 g/mol. The number of aliphatic hydroxyl groups excluding tert-OH is 1. The number of benzene rings is 1. The smallest absolute Gasteiger partial charge is 0.0471 e. The zero-order valence-corrected chi connectivity index (χ0v) is 11.5. The molecule has 1 aromatic carbocycles. The van der Waals surface area contributed by atoms with Crippen LogP contribution >= 0.6 is 0 Å². The second-order valence-electron chi connectivity index (χ2n) is 5.08. The van der Waals surface area contributed by atoms with Crippen LogP contribution in [0, 0.1) is 19.8 Å². The summed E-state index contributed by atoms with van der Waals surface area (Å²) >= 11 is 0. The molecule has 0 radical (unpaired) electrons. The van der Waals surface area contributed by atoms with E-state index in [2.05, 4.69) is 50.9 Å². The normalized spacial score (nSPS) is 13.1. The van der Waals surface area contributed by atoms with Gasteiger partial charge in [0.2, 0.25) is 0 Å². The third kappa shape index (κ3) is 4.49. The van der Waals surface area contributed by atoms with E-state index in [9.17, 15) is 5.11 Å². The summed E-state index contributed by atoms with van der Waals surface area (Å²) < 4.78 is 0. The monoisotopic (exact) mass is 235 g/mol. The maximum absolute atomic E-state index is 9.21. The van der Waals surface area contributed by atoms with Gasteiger partial charge < -0.3 is 10.0 Å². The standard InChI is InChI=1S/C15H25NO/c1-5-14(11-17)9-16(4)10-15-7-6-12(2)8-13(15)3/h6-8,14,17H,5,9-11H2,1-4H3. The van der Waals surface area contributed by atoms with Crippen LogP contribution in [0.4, 0.5) is 0 Å². The molecule has 1 unspecified atom stereocenters. The molecule has 0 aliphatic rings. The van der Waals surface area contributed by atoms with Crippen molar-refractivity contribution in [3.63, 3.8) is 0 Å². The van der Waals surface area contributed by atoms with E-state index >= 15 is 0 Å². The maximum Gasteiger partial charge on any atom is 0.0471 e. The Bertz CT molecular complexity index is 345. The van der Waals surface area contributed by atoms with Crippen LogP contribution in [0.5, 0.6) is 0 Å². The molecule has 0 saturated carbocycles. The van der Waals surface area contributed by atoms with E-state index in [0.29, 0.717) is 5.92 Å². The van der Waals surface area contributed by atoms with Crippen LogP contribution in [0.3, 0.4) is 0 Å². The summed E-state index contributed by atoms with van der Waals surface area (Å²) in [4.78, 5) is 2.29. The largest absolute Gasteiger partial charge is 0.396 e. The van der Waals surface area contributed by atoms with Crippen molar-refractivity contribution in [3.05, 3.63) is 34.9 Å².